The molecule has 168 valence electrons. The Kier molecular flexibility index (Phi) is 9.74. The van der Waals surface area contributed by atoms with Gasteiger partial charge in [0.05, 0.1) is 0 Å². The van der Waals surface area contributed by atoms with E-state index in [2.05, 4.69) is 4.90 Å². The van der Waals surface area contributed by atoms with Gasteiger partial charge in [0, 0.05) is 0 Å². The smallest absolute Gasteiger partial charge is 0.451 e. The lowest BCUT2D eigenvalue weighted by molar-refractivity contribution is -0.144. The second-order valence-electron chi connectivity index (χ2n) is 8.86. The van der Waals surface area contributed by atoms with Crippen molar-refractivity contribution in [1.82, 2.24) is 4.90 Å². The van der Waals surface area contributed by atoms with Crippen molar-refractivity contribution in [2.24, 2.45) is 11.7 Å². The van der Waals surface area contributed by atoms with Crippen LogP contribution in [0.1, 0.15) is 56.1 Å². The van der Waals surface area contributed by atoms with E-state index in [-0.39, 0.29) is 12.1 Å². The number of likely N-dealkylation sites (tertiary alicyclic amines) is 1. The minimum atomic E-state index is -1.35. The molecule has 30 heavy (non-hydrogen) atoms. The first-order valence-electron chi connectivity index (χ1n) is 11.1. The highest BCUT2D eigenvalue weighted by atomic mass is 19.1. The molecule has 1 aromatic rings. The fraction of sp³-hybridized carbons (Fsp3) is 0.682. The van der Waals surface area contributed by atoms with Crippen molar-refractivity contribution in [3.8, 4) is 0 Å². The predicted octanol–water partition coefficient (Wildman–Crippen LogP) is 2.59. The van der Waals surface area contributed by atoms with Crippen LogP contribution < -0.4 is 5.73 Å². The van der Waals surface area contributed by atoms with Crippen LogP contribution in [0.3, 0.4) is 0 Å². The van der Waals surface area contributed by atoms with Gasteiger partial charge in [-0.15, -0.1) is 0 Å². The molecule has 0 bridgehead atoms. The van der Waals surface area contributed by atoms with Crippen molar-refractivity contribution in [3.63, 3.8) is 0 Å². The third kappa shape index (κ3) is 7.98. The molecule has 0 radical (unpaired) electrons. The zero-order valence-electron chi connectivity index (χ0n) is 18.0. The lowest BCUT2D eigenvalue weighted by Crippen LogP contribution is -2.48. The minimum Gasteiger partial charge on any atom is -0.480 e. The molecule has 0 saturated carbocycles. The number of carbonyl (C=O) groups is 1. The van der Waals surface area contributed by atoms with Crippen LogP contribution >= 0.6 is 0 Å². The molecule has 8 heteroatoms. The quantitative estimate of drug-likeness (QED) is 0.305. The summed E-state index contributed by atoms with van der Waals surface area (Å²) in [6.45, 7) is 4.54. The maximum atomic E-state index is 13.7. The molecular weight excluding hydrogens is 386 g/mol. The second-order valence-corrected chi connectivity index (χ2v) is 8.86. The highest BCUT2D eigenvalue weighted by Gasteiger charge is 2.33. The zero-order valence-corrected chi connectivity index (χ0v) is 18.0. The number of nitrogens with two attached hydrogens (primary N) is 1. The molecule has 1 unspecified atom stereocenters. The number of hydrogen-bond acceptors (Lipinski definition) is 5. The molecule has 1 atom stereocenters. The average Bonchev–Trinajstić information content (AvgIpc) is 2.69. The third-order valence-electron chi connectivity index (χ3n) is 6.33. The number of nitrogens with zero attached hydrogens (tertiary/aromatic N) is 1. The number of piperidine rings is 1. The van der Waals surface area contributed by atoms with Crippen LogP contribution in [0.2, 0.25) is 6.32 Å². The van der Waals surface area contributed by atoms with Gasteiger partial charge in [-0.2, -0.15) is 0 Å². The first-order valence-corrected chi connectivity index (χ1v) is 11.1. The predicted molar refractivity (Wildman–Crippen MR) is 117 cm³/mol. The lowest BCUT2D eigenvalue weighted by atomic mass is 9.81. The molecule has 2 rings (SSSR count). The summed E-state index contributed by atoms with van der Waals surface area (Å²) < 4.78 is 13.7. The normalized spacial score (nSPS) is 17.6. The minimum absolute atomic E-state index is 0.138. The molecule has 6 nitrogen and oxygen atoms in total. The van der Waals surface area contributed by atoms with E-state index < -0.39 is 18.6 Å². The van der Waals surface area contributed by atoms with Gasteiger partial charge in [0.1, 0.15) is 11.4 Å². The van der Waals surface area contributed by atoms with Crippen LogP contribution in [0.4, 0.5) is 4.39 Å². The Bertz CT molecular complexity index is 683. The van der Waals surface area contributed by atoms with Gasteiger partial charge in [0.25, 0.3) is 0 Å². The van der Waals surface area contributed by atoms with Gasteiger partial charge >= 0.3 is 13.1 Å². The van der Waals surface area contributed by atoms with Crippen LogP contribution in [0.15, 0.2) is 18.2 Å². The largest absolute Gasteiger partial charge is 0.480 e. The maximum absolute atomic E-state index is 13.7. The molecule has 0 aromatic heterocycles. The van der Waals surface area contributed by atoms with Crippen molar-refractivity contribution in [2.75, 3.05) is 19.6 Å². The monoisotopic (exact) mass is 422 g/mol. The van der Waals surface area contributed by atoms with E-state index in [4.69, 9.17) is 15.8 Å². The fourth-order valence-electron chi connectivity index (χ4n) is 4.24. The molecule has 0 aliphatic carbocycles. The Labute approximate surface area is 179 Å². The van der Waals surface area contributed by atoms with E-state index in [0.717, 1.165) is 50.9 Å². The lowest BCUT2D eigenvalue weighted by Gasteiger charge is -2.33. The van der Waals surface area contributed by atoms with Crippen LogP contribution in [0.5, 0.6) is 0 Å². The number of aliphatic carboxylic acids is 1. The Balaban J connectivity index is 1.69. The number of unbranched alkanes of at least 4 members (excludes halogenated alkanes) is 1. The Hall–Kier alpha value is -1.48. The SMILES string of the molecule is Cc1ccc(CC2CCN(CCCC(N)(CCCCB(O)O)C(=O)O)CC2)cc1F. The molecule has 0 spiro atoms. The highest BCUT2D eigenvalue weighted by Crippen LogP contribution is 2.24. The Morgan fingerprint density at radius 2 is 1.90 bits per heavy atom. The number of carboxylic acids is 1. The van der Waals surface area contributed by atoms with E-state index >= 15 is 0 Å². The Morgan fingerprint density at radius 3 is 2.50 bits per heavy atom. The van der Waals surface area contributed by atoms with E-state index in [1.165, 1.54) is 0 Å². The summed E-state index contributed by atoms with van der Waals surface area (Å²) in [5.41, 5.74) is 6.61. The van der Waals surface area contributed by atoms with Gasteiger partial charge in [-0.1, -0.05) is 25.0 Å². The molecule has 1 fully saturated rings. The highest BCUT2D eigenvalue weighted by molar-refractivity contribution is 6.40. The third-order valence-corrected chi connectivity index (χ3v) is 6.33. The molecule has 1 aliphatic rings. The first kappa shape index (κ1) is 24.8. The maximum Gasteiger partial charge on any atom is 0.451 e. The Morgan fingerprint density at radius 1 is 1.23 bits per heavy atom. The average molecular weight is 422 g/mol. The van der Waals surface area contributed by atoms with Gasteiger partial charge in [0.2, 0.25) is 0 Å². The topological polar surface area (TPSA) is 107 Å². The molecule has 1 aliphatic heterocycles. The van der Waals surface area contributed by atoms with Crippen molar-refractivity contribution < 1.29 is 24.3 Å². The number of hydrogen-bond donors (Lipinski definition) is 4. The van der Waals surface area contributed by atoms with Crippen molar-refractivity contribution in [3.05, 3.63) is 35.1 Å². The molecule has 1 heterocycles. The summed E-state index contributed by atoms with van der Waals surface area (Å²) in [4.78, 5) is 14.0. The van der Waals surface area contributed by atoms with Crippen molar-refractivity contribution in [1.29, 1.82) is 0 Å². The van der Waals surface area contributed by atoms with Crippen molar-refractivity contribution >= 4 is 13.1 Å². The van der Waals surface area contributed by atoms with E-state index in [9.17, 15) is 14.3 Å². The van der Waals surface area contributed by atoms with Crippen LogP contribution in [-0.4, -0.2) is 58.3 Å². The second kappa shape index (κ2) is 11.8. The summed E-state index contributed by atoms with van der Waals surface area (Å²) in [7, 11) is -1.35. The van der Waals surface area contributed by atoms with Crippen LogP contribution in [-0.2, 0) is 11.2 Å². The van der Waals surface area contributed by atoms with Gasteiger partial charge in [-0.25, -0.2) is 4.39 Å². The van der Waals surface area contributed by atoms with E-state index in [0.29, 0.717) is 37.2 Å². The van der Waals surface area contributed by atoms with Crippen LogP contribution in [0.25, 0.3) is 0 Å². The molecule has 0 amide bonds. The molecule has 1 aromatic carbocycles. The number of carboxylic acid groups (broad SMARTS) is 1. The van der Waals surface area contributed by atoms with Gasteiger partial charge in [0.15, 0.2) is 0 Å². The first-order chi connectivity index (χ1) is 14.2. The summed E-state index contributed by atoms with van der Waals surface area (Å²) in [5.74, 6) is -0.574. The van der Waals surface area contributed by atoms with E-state index in [1.54, 1.807) is 13.0 Å². The number of halogens is 1. The zero-order chi connectivity index (χ0) is 22.1. The molecule has 1 saturated heterocycles. The number of rotatable bonds is 12. The summed E-state index contributed by atoms with van der Waals surface area (Å²) in [5, 5.41) is 27.3. The van der Waals surface area contributed by atoms with Gasteiger partial charge < -0.3 is 25.8 Å². The summed E-state index contributed by atoms with van der Waals surface area (Å²) in [6, 6.07) is 5.50. The van der Waals surface area contributed by atoms with Gasteiger partial charge in [-0.05, 0) is 94.5 Å². The standard InChI is InChI=1S/C22H36BFN2O4/c1-17-5-6-19(16-20(17)24)15-18-7-13-26(14-8-18)12-4-10-22(25,21(27)28)9-2-3-11-23(29)30/h5-6,16,18,29-30H,2-4,7-15,25H2,1H3,(H,27,28). The fourth-order valence-corrected chi connectivity index (χ4v) is 4.24. The summed E-state index contributed by atoms with van der Waals surface area (Å²) in [6.07, 6.45) is 5.83. The molecule has 5 N–H and O–H groups in total. The van der Waals surface area contributed by atoms with E-state index in [1.807, 2.05) is 12.1 Å². The molecular formula is C22H36BFN2O4. The van der Waals surface area contributed by atoms with Crippen LogP contribution in [0, 0.1) is 18.7 Å². The van der Waals surface area contributed by atoms with Gasteiger partial charge in [-0.3, -0.25) is 4.79 Å². The number of aryl methyl sites for hydroxylation is 1. The van der Waals surface area contributed by atoms with Crippen molar-refractivity contribution in [2.45, 2.75) is 70.1 Å². The number of benzene rings is 1. The summed E-state index contributed by atoms with van der Waals surface area (Å²) >= 11 is 0.